The summed E-state index contributed by atoms with van der Waals surface area (Å²) in [6, 6.07) is 33.7. The average Bonchev–Trinajstić information content (AvgIpc) is 3.73. The first-order chi connectivity index (χ1) is 31.4. The lowest BCUT2D eigenvalue weighted by atomic mass is 9.95. The monoisotopic (exact) mass is 938 g/mol. The van der Waals surface area contributed by atoms with Crippen LogP contribution < -0.4 is 42.9 Å². The summed E-state index contributed by atoms with van der Waals surface area (Å²) in [7, 11) is 0. The van der Waals surface area contributed by atoms with Gasteiger partial charge in [0.15, 0.2) is 0 Å². The van der Waals surface area contributed by atoms with E-state index in [1.54, 1.807) is 76.2 Å². The fourth-order valence-electron chi connectivity index (χ4n) is 8.36. The minimum absolute atomic E-state index is 0.415. The Kier molecular flexibility index (Phi) is 16.3. The van der Waals surface area contributed by atoms with Crippen molar-refractivity contribution >= 4 is 59.1 Å². The van der Waals surface area contributed by atoms with Gasteiger partial charge in [-0.2, -0.15) is 0 Å². The highest BCUT2D eigenvalue weighted by atomic mass is 32.2. The molecule has 4 aromatic carbocycles. The van der Waals surface area contributed by atoms with Crippen LogP contribution in [0.3, 0.4) is 0 Å². The zero-order chi connectivity index (χ0) is 47.8. The highest BCUT2D eigenvalue weighted by Gasteiger charge is 2.63. The highest BCUT2D eigenvalue weighted by molar-refractivity contribution is 8.02. The minimum atomic E-state index is -1.28. The van der Waals surface area contributed by atoms with E-state index in [9.17, 15) is 39.0 Å². The number of amides is 4. The molecule has 66 heavy (non-hydrogen) atoms. The van der Waals surface area contributed by atoms with Crippen LogP contribution in [0.2, 0.25) is 0 Å². The number of hydrogen-bond donors (Lipinski definition) is 6. The van der Waals surface area contributed by atoms with Gasteiger partial charge in [0.25, 0.3) is 0 Å². The topological polar surface area (TPSA) is 264 Å². The predicted octanol–water partition coefficient (Wildman–Crippen LogP) is -1.52. The second-order valence-electron chi connectivity index (χ2n) is 17.4. The molecule has 0 unspecified atom stereocenters. The molecule has 350 valence electrons. The summed E-state index contributed by atoms with van der Waals surface area (Å²) < 4.78 is -1.36. The van der Waals surface area contributed by atoms with Gasteiger partial charge in [0.2, 0.25) is 23.6 Å². The number of carboxylic acid groups (broad SMARTS) is 2. The van der Waals surface area contributed by atoms with Crippen LogP contribution in [0.1, 0.15) is 62.0 Å². The first kappa shape index (κ1) is 49.7. The Morgan fingerprint density at radius 1 is 0.576 bits per heavy atom. The SMILES string of the molecule is CC1(C)S[C@@H]2[C@H](NC(=O)[C@H](N)c3ccccc3)C(=O)N2[C@H]1C(=O)[O-].CC1(C)S[C@@H]2[C@H](NC(=O)[C@H](N)c3ccccc3)C(=O)N2[C@H]1C(=O)[O-].c1ccc(C[NH2+]CC[NH2+]Cc2ccccc2)cc1. The Bertz CT molecular complexity index is 2170. The molecule has 4 aliphatic rings. The molecular formula is C48H58N8O8S2. The van der Waals surface area contributed by atoms with Crippen LogP contribution in [0, 0.1) is 0 Å². The lowest BCUT2D eigenvalue weighted by Crippen LogP contribution is -2.93. The van der Waals surface area contributed by atoms with E-state index >= 15 is 0 Å². The molecule has 4 saturated heterocycles. The first-order valence-corrected chi connectivity index (χ1v) is 23.5. The van der Waals surface area contributed by atoms with Gasteiger partial charge in [0.05, 0.1) is 24.0 Å². The van der Waals surface area contributed by atoms with E-state index in [4.69, 9.17) is 11.5 Å². The van der Waals surface area contributed by atoms with E-state index in [1.165, 1.54) is 57.5 Å². The molecule has 10 N–H and O–H groups in total. The van der Waals surface area contributed by atoms with Crippen molar-refractivity contribution in [3.63, 3.8) is 0 Å². The fourth-order valence-corrected chi connectivity index (χ4v) is 11.6. The summed E-state index contributed by atoms with van der Waals surface area (Å²) in [4.78, 5) is 74.5. The largest absolute Gasteiger partial charge is 0.548 e. The van der Waals surface area contributed by atoms with Gasteiger partial charge in [-0.3, -0.25) is 19.2 Å². The number of hydrogen-bond acceptors (Lipinski definition) is 12. The lowest BCUT2D eigenvalue weighted by molar-refractivity contribution is -0.738. The number of quaternary nitrogens is 2. The van der Waals surface area contributed by atoms with Crippen molar-refractivity contribution in [3.8, 4) is 0 Å². The Labute approximate surface area is 393 Å². The van der Waals surface area contributed by atoms with Crippen LogP contribution in [-0.4, -0.2) is 103 Å². The molecule has 0 bridgehead atoms. The number of nitrogens with one attached hydrogen (secondary N) is 2. The van der Waals surface area contributed by atoms with Crippen molar-refractivity contribution in [2.24, 2.45) is 11.5 Å². The standard InChI is InChI=1S/2C16H19N3O4S.C16H20N2/c2*1-16(2)11(15(22)23)19-13(21)10(14(19)24-16)18-12(20)9(17)8-6-4-3-5-7-8;1-3-7-15(8-4-1)13-17-11-12-18-14-16-9-5-2-6-10-16/h2*3-7,9-11,14H,17H2,1-2H3,(H,18,20)(H,22,23);1-10,17-18H,11-14H2/t2*9-,10-,11+,14-;/m11./s1. The normalized spacial score (nSPS) is 23.7. The van der Waals surface area contributed by atoms with E-state index in [0.717, 1.165) is 13.1 Å². The van der Waals surface area contributed by atoms with Crippen LogP contribution in [0.15, 0.2) is 121 Å². The molecular weight excluding hydrogens is 881 g/mol. The van der Waals surface area contributed by atoms with E-state index in [-0.39, 0.29) is 0 Å². The molecule has 4 amide bonds. The number of carbonyl (C=O) groups excluding carboxylic acids is 6. The van der Waals surface area contributed by atoms with Crippen LogP contribution in [-0.2, 0) is 41.9 Å². The molecule has 8 atom stereocenters. The quantitative estimate of drug-likeness (QED) is 0.0587. The molecule has 0 saturated carbocycles. The molecule has 4 fully saturated rings. The van der Waals surface area contributed by atoms with E-state index < -0.39 is 92.1 Å². The van der Waals surface area contributed by atoms with Crippen molar-refractivity contribution in [2.75, 3.05) is 13.1 Å². The third kappa shape index (κ3) is 11.4. The van der Waals surface area contributed by atoms with Crippen LogP contribution in [0.4, 0.5) is 0 Å². The number of rotatable bonds is 15. The molecule has 4 aliphatic heterocycles. The van der Waals surface area contributed by atoms with Crippen LogP contribution in [0.25, 0.3) is 0 Å². The molecule has 18 heteroatoms. The van der Waals surface area contributed by atoms with Gasteiger partial charge in [-0.05, 0) is 38.8 Å². The summed E-state index contributed by atoms with van der Waals surface area (Å²) >= 11 is 2.69. The van der Waals surface area contributed by atoms with Gasteiger partial charge in [-0.1, -0.05) is 121 Å². The maximum atomic E-state index is 12.3. The molecule has 8 rings (SSSR count). The summed E-state index contributed by atoms with van der Waals surface area (Å²) in [6.45, 7) is 11.5. The number of aliphatic carboxylic acids is 2. The van der Waals surface area contributed by atoms with Crippen LogP contribution in [0.5, 0.6) is 0 Å². The van der Waals surface area contributed by atoms with Gasteiger partial charge in [-0.25, -0.2) is 0 Å². The number of β-lactam (4-membered cyclic amide) rings is 2. The number of nitrogens with zero attached hydrogens (tertiary/aromatic N) is 2. The van der Waals surface area contributed by atoms with Gasteiger partial charge in [-0.15, -0.1) is 23.5 Å². The fraction of sp³-hybridized carbons (Fsp3) is 0.375. The van der Waals surface area contributed by atoms with Crippen molar-refractivity contribution in [3.05, 3.63) is 144 Å². The third-order valence-corrected chi connectivity index (χ3v) is 15.0. The number of nitrogens with two attached hydrogens (primary N) is 4. The minimum Gasteiger partial charge on any atom is -0.548 e. The Hall–Kier alpha value is -5.76. The van der Waals surface area contributed by atoms with Gasteiger partial charge in [0, 0.05) is 20.6 Å². The number of carbonyl (C=O) groups is 6. The van der Waals surface area contributed by atoms with Gasteiger partial charge >= 0.3 is 0 Å². The van der Waals surface area contributed by atoms with E-state index in [2.05, 4.69) is 81.9 Å². The van der Waals surface area contributed by atoms with Crippen molar-refractivity contribution in [1.82, 2.24) is 20.4 Å². The molecule has 4 aromatic rings. The number of benzene rings is 4. The summed E-state index contributed by atoms with van der Waals surface area (Å²) in [5.74, 6) is -4.32. The Morgan fingerprint density at radius 3 is 1.18 bits per heavy atom. The lowest BCUT2D eigenvalue weighted by Gasteiger charge is -2.45. The van der Waals surface area contributed by atoms with Crippen LogP contribution >= 0.6 is 23.5 Å². The molecule has 0 aromatic heterocycles. The summed E-state index contributed by atoms with van der Waals surface area (Å²) in [5.41, 5.74) is 16.0. The highest BCUT2D eigenvalue weighted by Crippen LogP contribution is 2.51. The molecule has 16 nitrogen and oxygen atoms in total. The predicted molar refractivity (Wildman–Crippen MR) is 247 cm³/mol. The summed E-state index contributed by atoms with van der Waals surface area (Å²) in [6.07, 6.45) is 0. The third-order valence-electron chi connectivity index (χ3n) is 11.8. The zero-order valence-corrected chi connectivity index (χ0v) is 38.9. The van der Waals surface area contributed by atoms with E-state index in [1.807, 2.05) is 12.1 Å². The molecule has 0 aliphatic carbocycles. The molecule has 4 heterocycles. The van der Waals surface area contributed by atoms with Crippen molar-refractivity contribution in [2.45, 2.75) is 97.3 Å². The first-order valence-electron chi connectivity index (χ1n) is 21.8. The molecule has 0 spiro atoms. The van der Waals surface area contributed by atoms with Gasteiger partial charge < -0.3 is 62.3 Å². The van der Waals surface area contributed by atoms with E-state index in [0.29, 0.717) is 11.1 Å². The van der Waals surface area contributed by atoms with Crippen molar-refractivity contribution in [1.29, 1.82) is 0 Å². The Morgan fingerprint density at radius 2 is 0.879 bits per heavy atom. The number of carboxylic acids is 2. The number of thioether (sulfide) groups is 2. The average molecular weight is 939 g/mol. The second kappa shape index (κ2) is 21.7. The summed E-state index contributed by atoms with van der Waals surface area (Å²) in [5, 5.41) is 31.9. The second-order valence-corrected chi connectivity index (χ2v) is 21.0. The van der Waals surface area contributed by atoms with Gasteiger partial charge in [0.1, 0.15) is 61.1 Å². The maximum absolute atomic E-state index is 12.3. The maximum Gasteiger partial charge on any atom is 0.249 e. The number of fused-ring (bicyclic) bond motifs is 2. The zero-order valence-electron chi connectivity index (χ0n) is 37.3. The Balaban J connectivity index is 0.000000166. The smallest absolute Gasteiger partial charge is 0.249 e. The molecule has 0 radical (unpaired) electrons. The van der Waals surface area contributed by atoms with Crippen molar-refractivity contribution < 1.29 is 49.6 Å².